The van der Waals surface area contributed by atoms with Crippen LogP contribution in [0.4, 0.5) is 0 Å². The van der Waals surface area contributed by atoms with Crippen LogP contribution in [0.15, 0.2) is 18.2 Å². The van der Waals surface area contributed by atoms with Gasteiger partial charge in [0.05, 0.1) is 0 Å². The minimum absolute atomic E-state index is 0.0529. The van der Waals surface area contributed by atoms with E-state index in [1.807, 2.05) is 6.92 Å². The van der Waals surface area contributed by atoms with Gasteiger partial charge in [-0.3, -0.25) is 0 Å². The highest BCUT2D eigenvalue weighted by Crippen LogP contribution is 2.27. The van der Waals surface area contributed by atoms with Gasteiger partial charge in [0, 0.05) is 17.7 Å². The maximum Gasteiger partial charge on any atom is 0.124 e. The van der Waals surface area contributed by atoms with Crippen molar-refractivity contribution in [1.82, 2.24) is 5.32 Å². The van der Waals surface area contributed by atoms with Crippen molar-refractivity contribution < 1.29 is 10.2 Å². The molecule has 0 saturated heterocycles. The van der Waals surface area contributed by atoms with Crippen LogP contribution in [0.1, 0.15) is 24.9 Å². The largest absolute Gasteiger partial charge is 0.508 e. The number of hydrogen-bond acceptors (Lipinski definition) is 4. The van der Waals surface area contributed by atoms with Crippen LogP contribution in [0.25, 0.3) is 0 Å². The predicted octanol–water partition coefficient (Wildman–Crippen LogP) is 1.10. The fourth-order valence-corrected chi connectivity index (χ4v) is 1.43. The highest BCUT2D eigenvalue weighted by Gasteiger charge is 2.09. The smallest absolute Gasteiger partial charge is 0.124 e. The Labute approximate surface area is 89.7 Å². The molecule has 4 nitrogen and oxygen atoms in total. The molecule has 5 N–H and O–H groups in total. The molecule has 1 aromatic rings. The summed E-state index contributed by atoms with van der Waals surface area (Å²) in [7, 11) is 0. The number of hydrogen-bond donors (Lipinski definition) is 4. The molecule has 0 heterocycles. The molecule has 0 bridgehead atoms. The van der Waals surface area contributed by atoms with E-state index in [9.17, 15) is 5.11 Å². The third-order valence-corrected chi connectivity index (χ3v) is 2.31. The molecule has 0 aliphatic heterocycles. The third kappa shape index (κ3) is 3.42. The van der Waals surface area contributed by atoms with Gasteiger partial charge in [-0.2, -0.15) is 0 Å². The topological polar surface area (TPSA) is 78.5 Å². The molecular weight excluding hydrogens is 192 g/mol. The van der Waals surface area contributed by atoms with Crippen LogP contribution in [0.3, 0.4) is 0 Å². The van der Waals surface area contributed by atoms with Crippen molar-refractivity contribution in [1.29, 1.82) is 0 Å². The minimum Gasteiger partial charge on any atom is -0.508 e. The second-order valence-electron chi connectivity index (χ2n) is 3.56. The Bertz CT molecular complexity index is 315. The van der Waals surface area contributed by atoms with Crippen molar-refractivity contribution in [2.45, 2.75) is 19.4 Å². The summed E-state index contributed by atoms with van der Waals surface area (Å²) < 4.78 is 0. The average Bonchev–Trinajstić information content (AvgIpc) is 2.17. The van der Waals surface area contributed by atoms with Gasteiger partial charge >= 0.3 is 0 Å². The van der Waals surface area contributed by atoms with E-state index in [0.29, 0.717) is 6.54 Å². The Kier molecular flexibility index (Phi) is 4.39. The summed E-state index contributed by atoms with van der Waals surface area (Å²) in [6.07, 6.45) is 0.906. The molecule has 1 atom stereocenters. The van der Waals surface area contributed by atoms with Gasteiger partial charge in [0.25, 0.3) is 0 Å². The normalized spacial score (nSPS) is 12.7. The molecule has 1 rings (SSSR count). The zero-order chi connectivity index (χ0) is 11.3. The molecule has 0 amide bonds. The molecule has 0 aromatic heterocycles. The second-order valence-corrected chi connectivity index (χ2v) is 3.56. The van der Waals surface area contributed by atoms with Crippen molar-refractivity contribution in [3.63, 3.8) is 0 Å². The van der Waals surface area contributed by atoms with Crippen molar-refractivity contribution in [2.24, 2.45) is 5.73 Å². The number of nitrogens with two attached hydrogens (primary N) is 1. The van der Waals surface area contributed by atoms with Gasteiger partial charge in [-0.1, -0.05) is 6.07 Å². The molecule has 0 fully saturated rings. The molecule has 0 spiro atoms. The number of nitrogens with one attached hydrogen (secondary N) is 1. The van der Waals surface area contributed by atoms with Crippen LogP contribution < -0.4 is 11.1 Å². The first-order valence-corrected chi connectivity index (χ1v) is 5.10. The maximum absolute atomic E-state index is 9.59. The minimum atomic E-state index is 0.0529. The molecule has 1 unspecified atom stereocenters. The van der Waals surface area contributed by atoms with Crippen LogP contribution in [0.2, 0.25) is 0 Å². The lowest BCUT2D eigenvalue weighted by atomic mass is 10.1. The Morgan fingerprint density at radius 1 is 1.40 bits per heavy atom. The van der Waals surface area contributed by atoms with Gasteiger partial charge in [-0.15, -0.1) is 0 Å². The van der Waals surface area contributed by atoms with Crippen molar-refractivity contribution in [2.75, 3.05) is 13.1 Å². The Morgan fingerprint density at radius 3 is 2.73 bits per heavy atom. The fourth-order valence-electron chi connectivity index (χ4n) is 1.43. The standard InChI is InChI=1S/C11H18N2O2/c1-8(13-6-2-5-12)10-4-3-9(14)7-11(10)15/h3-4,7-8,13-15H,2,5-6,12H2,1H3. The van der Waals surface area contributed by atoms with Gasteiger partial charge in [0.15, 0.2) is 0 Å². The Morgan fingerprint density at radius 2 is 2.13 bits per heavy atom. The Hall–Kier alpha value is -1.26. The lowest BCUT2D eigenvalue weighted by Crippen LogP contribution is -2.21. The van der Waals surface area contributed by atoms with E-state index in [0.717, 1.165) is 18.5 Å². The summed E-state index contributed by atoms with van der Waals surface area (Å²) in [5.41, 5.74) is 6.16. The number of rotatable bonds is 5. The quantitative estimate of drug-likeness (QED) is 0.549. The van der Waals surface area contributed by atoms with Gasteiger partial charge < -0.3 is 21.3 Å². The van der Waals surface area contributed by atoms with Gasteiger partial charge in [0.2, 0.25) is 0 Å². The summed E-state index contributed by atoms with van der Waals surface area (Å²) >= 11 is 0. The lowest BCUT2D eigenvalue weighted by Gasteiger charge is -2.15. The number of aromatic hydroxyl groups is 2. The average molecular weight is 210 g/mol. The summed E-state index contributed by atoms with van der Waals surface area (Å²) in [6, 6.07) is 4.68. The summed E-state index contributed by atoms with van der Waals surface area (Å²) in [5.74, 6) is 0.188. The van der Waals surface area contributed by atoms with Crippen LogP contribution in [-0.2, 0) is 0 Å². The van der Waals surface area contributed by atoms with Crippen molar-refractivity contribution in [3.05, 3.63) is 23.8 Å². The van der Waals surface area contributed by atoms with Gasteiger partial charge in [0.1, 0.15) is 11.5 Å². The summed E-state index contributed by atoms with van der Waals surface area (Å²) in [4.78, 5) is 0. The molecular formula is C11H18N2O2. The van der Waals surface area contributed by atoms with Crippen LogP contribution in [-0.4, -0.2) is 23.3 Å². The highest BCUT2D eigenvalue weighted by molar-refractivity contribution is 5.40. The third-order valence-electron chi connectivity index (χ3n) is 2.31. The number of benzene rings is 1. The van der Waals surface area contributed by atoms with E-state index in [-0.39, 0.29) is 17.5 Å². The van der Waals surface area contributed by atoms with E-state index >= 15 is 0 Å². The summed E-state index contributed by atoms with van der Waals surface area (Å²) in [5, 5.41) is 22.0. The first kappa shape index (κ1) is 11.8. The Balaban J connectivity index is 2.61. The van der Waals surface area contributed by atoms with Crippen molar-refractivity contribution in [3.8, 4) is 11.5 Å². The number of phenols is 2. The van der Waals surface area contributed by atoms with E-state index in [1.54, 1.807) is 12.1 Å². The van der Waals surface area contributed by atoms with Crippen molar-refractivity contribution >= 4 is 0 Å². The van der Waals surface area contributed by atoms with Gasteiger partial charge in [-0.05, 0) is 32.5 Å². The molecule has 15 heavy (non-hydrogen) atoms. The molecule has 0 aliphatic rings. The molecule has 0 radical (unpaired) electrons. The van der Waals surface area contributed by atoms with Crippen LogP contribution >= 0.6 is 0 Å². The van der Waals surface area contributed by atoms with E-state index in [2.05, 4.69) is 5.32 Å². The predicted molar refractivity (Wildman–Crippen MR) is 59.9 cm³/mol. The first-order valence-electron chi connectivity index (χ1n) is 5.10. The highest BCUT2D eigenvalue weighted by atomic mass is 16.3. The molecule has 0 saturated carbocycles. The fraction of sp³-hybridized carbons (Fsp3) is 0.455. The van der Waals surface area contributed by atoms with E-state index in [4.69, 9.17) is 10.8 Å². The number of phenolic OH excluding ortho intramolecular Hbond substituents is 2. The second kappa shape index (κ2) is 5.58. The van der Waals surface area contributed by atoms with E-state index in [1.165, 1.54) is 6.07 Å². The maximum atomic E-state index is 9.59. The lowest BCUT2D eigenvalue weighted by molar-refractivity contribution is 0.436. The zero-order valence-corrected chi connectivity index (χ0v) is 8.90. The van der Waals surface area contributed by atoms with Crippen LogP contribution in [0.5, 0.6) is 11.5 Å². The monoisotopic (exact) mass is 210 g/mol. The molecule has 1 aromatic carbocycles. The first-order chi connectivity index (χ1) is 7.15. The molecule has 84 valence electrons. The van der Waals surface area contributed by atoms with E-state index < -0.39 is 0 Å². The molecule has 0 aliphatic carbocycles. The summed E-state index contributed by atoms with van der Waals surface area (Å²) in [6.45, 7) is 3.43. The SMILES string of the molecule is CC(NCCCN)c1ccc(O)cc1O. The molecule has 4 heteroatoms. The zero-order valence-electron chi connectivity index (χ0n) is 8.90. The van der Waals surface area contributed by atoms with Crippen LogP contribution in [0, 0.1) is 0 Å². The van der Waals surface area contributed by atoms with Gasteiger partial charge in [-0.25, -0.2) is 0 Å².